The van der Waals surface area contributed by atoms with Crippen LogP contribution in [0.3, 0.4) is 0 Å². The molecule has 1 aromatic heterocycles. The van der Waals surface area contributed by atoms with Crippen molar-refractivity contribution in [3.05, 3.63) is 46.2 Å². The zero-order valence-electron chi connectivity index (χ0n) is 12.9. The Balaban J connectivity index is 1.88. The van der Waals surface area contributed by atoms with Crippen LogP contribution in [0, 0.1) is 0 Å². The Hall–Kier alpha value is -1.70. The predicted molar refractivity (Wildman–Crippen MR) is 91.1 cm³/mol. The lowest BCUT2D eigenvalue weighted by Gasteiger charge is -2.32. The van der Waals surface area contributed by atoms with Crippen molar-refractivity contribution in [3.8, 4) is 0 Å². The number of anilines is 1. The van der Waals surface area contributed by atoms with Gasteiger partial charge in [-0.05, 0) is 54.6 Å². The molecule has 1 aliphatic rings. The van der Waals surface area contributed by atoms with Gasteiger partial charge >= 0.3 is 0 Å². The minimum absolute atomic E-state index is 0.162. The molecular formula is C16H18N2O3S2. The number of nitrogens with zero attached hydrogens (tertiary/aromatic N) is 1. The molecule has 3 rings (SSSR count). The standard InChI is InChI=1S/C16H18N2O3S2/c1-11-15-8-10-22-16(15)7-9-18(11)23(20,21)14-5-3-13(4-6-14)17-12(2)19/h3-6,8,10-11H,7,9H2,1-2H3,(H,17,19). The Kier molecular flexibility index (Phi) is 4.27. The predicted octanol–water partition coefficient (Wildman–Crippen LogP) is 3.01. The van der Waals surface area contributed by atoms with Crippen LogP contribution in [0.4, 0.5) is 5.69 Å². The first kappa shape index (κ1) is 16.2. The average molecular weight is 350 g/mol. The minimum Gasteiger partial charge on any atom is -0.326 e. The van der Waals surface area contributed by atoms with E-state index in [0.29, 0.717) is 12.2 Å². The van der Waals surface area contributed by atoms with Gasteiger partial charge in [0.1, 0.15) is 0 Å². The molecule has 1 atom stereocenters. The highest BCUT2D eigenvalue weighted by Crippen LogP contribution is 2.36. The lowest BCUT2D eigenvalue weighted by Crippen LogP contribution is -2.38. The maximum Gasteiger partial charge on any atom is 0.243 e. The van der Waals surface area contributed by atoms with Crippen molar-refractivity contribution in [2.75, 3.05) is 11.9 Å². The first-order valence-electron chi connectivity index (χ1n) is 7.35. The van der Waals surface area contributed by atoms with Crippen LogP contribution in [0.25, 0.3) is 0 Å². The van der Waals surface area contributed by atoms with Gasteiger partial charge in [0, 0.05) is 30.1 Å². The molecule has 0 radical (unpaired) electrons. The minimum atomic E-state index is -3.55. The summed E-state index contributed by atoms with van der Waals surface area (Å²) in [7, 11) is -3.55. The molecule has 0 fully saturated rings. The molecule has 23 heavy (non-hydrogen) atoms. The zero-order valence-corrected chi connectivity index (χ0v) is 14.6. The molecular weight excluding hydrogens is 332 g/mol. The number of carbonyl (C=O) groups is 1. The highest BCUT2D eigenvalue weighted by molar-refractivity contribution is 7.89. The number of hydrogen-bond donors (Lipinski definition) is 1. The van der Waals surface area contributed by atoms with Gasteiger partial charge in [0.2, 0.25) is 15.9 Å². The third kappa shape index (κ3) is 3.04. The van der Waals surface area contributed by atoms with Crippen molar-refractivity contribution in [2.45, 2.75) is 31.2 Å². The van der Waals surface area contributed by atoms with E-state index >= 15 is 0 Å². The van der Waals surface area contributed by atoms with Gasteiger partial charge in [0.05, 0.1) is 4.90 Å². The third-order valence-corrected chi connectivity index (χ3v) is 6.98. The molecule has 1 aliphatic heterocycles. The zero-order chi connectivity index (χ0) is 16.6. The van der Waals surface area contributed by atoms with E-state index in [-0.39, 0.29) is 16.8 Å². The van der Waals surface area contributed by atoms with Crippen LogP contribution in [-0.2, 0) is 21.2 Å². The van der Waals surface area contributed by atoms with Crippen molar-refractivity contribution in [1.29, 1.82) is 0 Å². The molecule has 1 unspecified atom stereocenters. The first-order chi connectivity index (χ1) is 10.9. The fourth-order valence-electron chi connectivity index (χ4n) is 2.86. The van der Waals surface area contributed by atoms with E-state index in [1.54, 1.807) is 27.8 Å². The summed E-state index contributed by atoms with van der Waals surface area (Å²) in [4.78, 5) is 12.6. The third-order valence-electron chi connectivity index (χ3n) is 4.00. The van der Waals surface area contributed by atoms with Gasteiger partial charge in [-0.2, -0.15) is 4.31 Å². The Labute approximate surface area is 140 Å². The second-order valence-electron chi connectivity index (χ2n) is 5.55. The summed E-state index contributed by atoms with van der Waals surface area (Å²) in [6.45, 7) is 3.83. The van der Waals surface area contributed by atoms with Crippen molar-refractivity contribution in [2.24, 2.45) is 0 Å². The van der Waals surface area contributed by atoms with Crippen LogP contribution in [0.15, 0.2) is 40.6 Å². The molecule has 0 spiro atoms. The van der Waals surface area contributed by atoms with Crippen LogP contribution < -0.4 is 5.32 Å². The van der Waals surface area contributed by atoms with Gasteiger partial charge in [-0.25, -0.2) is 8.42 Å². The number of carbonyl (C=O) groups excluding carboxylic acids is 1. The normalized spacial score (nSPS) is 18.4. The van der Waals surface area contributed by atoms with Crippen LogP contribution >= 0.6 is 11.3 Å². The van der Waals surface area contributed by atoms with E-state index in [0.717, 1.165) is 12.0 Å². The lowest BCUT2D eigenvalue weighted by molar-refractivity contribution is -0.114. The summed E-state index contributed by atoms with van der Waals surface area (Å²) in [5.41, 5.74) is 1.68. The molecule has 1 aromatic carbocycles. The Morgan fingerprint density at radius 1 is 1.26 bits per heavy atom. The highest BCUT2D eigenvalue weighted by Gasteiger charge is 2.34. The number of sulfonamides is 1. The molecule has 1 N–H and O–H groups in total. The van der Waals surface area contributed by atoms with E-state index in [2.05, 4.69) is 5.32 Å². The van der Waals surface area contributed by atoms with E-state index in [1.165, 1.54) is 23.9 Å². The van der Waals surface area contributed by atoms with Crippen molar-refractivity contribution >= 4 is 33.0 Å². The Morgan fingerprint density at radius 2 is 1.96 bits per heavy atom. The van der Waals surface area contributed by atoms with Gasteiger partial charge in [-0.3, -0.25) is 4.79 Å². The van der Waals surface area contributed by atoms with Gasteiger partial charge in [-0.1, -0.05) is 0 Å². The molecule has 7 heteroatoms. The van der Waals surface area contributed by atoms with Gasteiger partial charge in [0.25, 0.3) is 0 Å². The fraction of sp³-hybridized carbons (Fsp3) is 0.312. The molecule has 0 saturated carbocycles. The summed E-state index contributed by atoms with van der Waals surface area (Å²) >= 11 is 1.68. The van der Waals surface area contributed by atoms with E-state index in [9.17, 15) is 13.2 Å². The Bertz CT molecular complexity index is 825. The molecule has 1 amide bonds. The quantitative estimate of drug-likeness (QED) is 0.925. The number of thiophene rings is 1. The number of fused-ring (bicyclic) bond motifs is 1. The Morgan fingerprint density at radius 3 is 2.61 bits per heavy atom. The second kappa shape index (κ2) is 6.07. The summed E-state index contributed by atoms with van der Waals surface area (Å²) < 4.78 is 27.4. The first-order valence-corrected chi connectivity index (χ1v) is 9.67. The van der Waals surface area contributed by atoms with Crippen molar-refractivity contribution in [3.63, 3.8) is 0 Å². The molecule has 0 bridgehead atoms. The van der Waals surface area contributed by atoms with Crippen LogP contribution in [-0.4, -0.2) is 25.2 Å². The monoisotopic (exact) mass is 350 g/mol. The largest absolute Gasteiger partial charge is 0.326 e. The topological polar surface area (TPSA) is 66.5 Å². The van der Waals surface area contributed by atoms with Crippen LogP contribution in [0.1, 0.15) is 30.3 Å². The molecule has 0 aliphatic carbocycles. The molecule has 0 saturated heterocycles. The van der Waals surface area contributed by atoms with E-state index in [4.69, 9.17) is 0 Å². The van der Waals surface area contributed by atoms with Gasteiger partial charge < -0.3 is 5.32 Å². The summed E-state index contributed by atoms with van der Waals surface area (Å²) in [6, 6.07) is 8.14. The van der Waals surface area contributed by atoms with Crippen molar-refractivity contribution in [1.82, 2.24) is 4.31 Å². The van der Waals surface area contributed by atoms with Crippen molar-refractivity contribution < 1.29 is 13.2 Å². The second-order valence-corrected chi connectivity index (χ2v) is 8.44. The highest BCUT2D eigenvalue weighted by atomic mass is 32.2. The number of amides is 1. The lowest BCUT2D eigenvalue weighted by atomic mass is 10.0. The van der Waals surface area contributed by atoms with Crippen LogP contribution in [0.5, 0.6) is 0 Å². The molecule has 2 aromatic rings. The van der Waals surface area contributed by atoms with Crippen LogP contribution in [0.2, 0.25) is 0 Å². The number of hydrogen-bond acceptors (Lipinski definition) is 4. The molecule has 5 nitrogen and oxygen atoms in total. The maximum atomic E-state index is 12.9. The maximum absolute atomic E-state index is 12.9. The number of nitrogens with one attached hydrogen (secondary N) is 1. The molecule has 122 valence electrons. The van der Waals surface area contributed by atoms with E-state index in [1.807, 2.05) is 18.4 Å². The molecule has 2 heterocycles. The average Bonchev–Trinajstić information content (AvgIpc) is 2.96. The SMILES string of the molecule is CC(=O)Nc1ccc(S(=O)(=O)N2CCc3sccc3C2C)cc1. The number of benzene rings is 1. The van der Waals surface area contributed by atoms with Gasteiger partial charge in [-0.15, -0.1) is 11.3 Å². The summed E-state index contributed by atoms with van der Waals surface area (Å²) in [5.74, 6) is -0.185. The number of rotatable bonds is 3. The summed E-state index contributed by atoms with van der Waals surface area (Å²) in [5, 5.41) is 4.65. The van der Waals surface area contributed by atoms with Gasteiger partial charge in [0.15, 0.2) is 0 Å². The van der Waals surface area contributed by atoms with E-state index < -0.39 is 10.0 Å². The summed E-state index contributed by atoms with van der Waals surface area (Å²) in [6.07, 6.45) is 0.751. The fourth-order valence-corrected chi connectivity index (χ4v) is 5.44. The smallest absolute Gasteiger partial charge is 0.243 e.